The van der Waals surface area contributed by atoms with Crippen LogP contribution < -0.4 is 11.1 Å². The summed E-state index contributed by atoms with van der Waals surface area (Å²) in [7, 11) is 0. The number of nitrogens with two attached hydrogens (primary N) is 1. The average Bonchev–Trinajstić information content (AvgIpc) is 3.24. The summed E-state index contributed by atoms with van der Waals surface area (Å²) in [4.78, 5) is 26.3. The summed E-state index contributed by atoms with van der Waals surface area (Å²) in [6, 6.07) is 14.1. The van der Waals surface area contributed by atoms with Crippen molar-refractivity contribution < 1.29 is 4.79 Å². The zero-order valence-electron chi connectivity index (χ0n) is 17.6. The smallest absolute Gasteiger partial charge is 0.245 e. The minimum absolute atomic E-state index is 0.261. The first-order valence-corrected chi connectivity index (χ1v) is 10.7. The number of nitrogens with zero attached hydrogens (tertiary/aromatic N) is 6. The molecule has 162 valence electrons. The molecule has 1 saturated heterocycles. The molecule has 5 rings (SSSR count). The number of hydrogen-bond donors (Lipinski definition) is 2. The standard InChI is InChI=1S/C23H24N8O/c24-21(32)15-30-12-8-17(9-13-30)16-2-4-18(5-3-16)28-23-27-14-19-6-7-20(31(19)29-23)22-25-10-1-11-26-22/h1-7,10-11,14,17H,8-9,12-13,15H2,(H2,24,32)(H,28,29). The van der Waals surface area contributed by atoms with Gasteiger partial charge in [-0.3, -0.25) is 9.69 Å². The summed E-state index contributed by atoms with van der Waals surface area (Å²) in [5.74, 6) is 1.35. The van der Waals surface area contributed by atoms with E-state index in [0.717, 1.165) is 42.8 Å². The molecule has 9 nitrogen and oxygen atoms in total. The zero-order valence-corrected chi connectivity index (χ0v) is 17.6. The number of aromatic nitrogens is 5. The Morgan fingerprint density at radius 2 is 1.78 bits per heavy atom. The number of hydrogen-bond acceptors (Lipinski definition) is 7. The Labute approximate surface area is 185 Å². The number of anilines is 2. The number of piperidine rings is 1. The minimum atomic E-state index is -0.261. The fourth-order valence-electron chi connectivity index (χ4n) is 4.17. The van der Waals surface area contributed by atoms with Crippen molar-refractivity contribution in [3.63, 3.8) is 0 Å². The molecule has 1 amide bonds. The molecule has 1 aliphatic heterocycles. The third kappa shape index (κ3) is 4.28. The molecule has 0 aliphatic carbocycles. The number of carbonyl (C=O) groups is 1. The van der Waals surface area contributed by atoms with E-state index in [2.05, 4.69) is 54.5 Å². The summed E-state index contributed by atoms with van der Waals surface area (Å²) in [6.45, 7) is 2.14. The first-order valence-electron chi connectivity index (χ1n) is 10.7. The van der Waals surface area contributed by atoms with Crippen LogP contribution in [0.2, 0.25) is 0 Å². The Bertz CT molecular complexity index is 1210. The van der Waals surface area contributed by atoms with E-state index >= 15 is 0 Å². The Morgan fingerprint density at radius 1 is 1.03 bits per heavy atom. The van der Waals surface area contributed by atoms with Gasteiger partial charge in [0.05, 0.1) is 18.3 Å². The van der Waals surface area contributed by atoms with Crippen LogP contribution in [0.4, 0.5) is 11.6 Å². The van der Waals surface area contributed by atoms with E-state index in [0.29, 0.717) is 24.2 Å². The second-order valence-electron chi connectivity index (χ2n) is 7.97. The molecule has 1 fully saturated rings. The van der Waals surface area contributed by atoms with Crippen molar-refractivity contribution in [2.75, 3.05) is 25.0 Å². The Balaban J connectivity index is 1.28. The molecule has 3 N–H and O–H groups in total. The largest absolute Gasteiger partial charge is 0.369 e. The zero-order chi connectivity index (χ0) is 21.9. The lowest BCUT2D eigenvalue weighted by atomic mass is 9.89. The van der Waals surface area contributed by atoms with E-state index in [9.17, 15) is 4.79 Å². The summed E-state index contributed by atoms with van der Waals surface area (Å²) in [6.07, 6.45) is 7.25. The van der Waals surface area contributed by atoms with Gasteiger partial charge in [0.25, 0.3) is 0 Å². The van der Waals surface area contributed by atoms with Gasteiger partial charge in [-0.1, -0.05) is 12.1 Å². The normalized spacial score (nSPS) is 15.1. The van der Waals surface area contributed by atoms with Crippen LogP contribution in [0.25, 0.3) is 17.0 Å². The van der Waals surface area contributed by atoms with E-state index < -0.39 is 0 Å². The van der Waals surface area contributed by atoms with E-state index in [1.165, 1.54) is 5.56 Å². The van der Waals surface area contributed by atoms with Crippen LogP contribution in [0.1, 0.15) is 24.3 Å². The number of likely N-dealkylation sites (tertiary alicyclic amines) is 1. The predicted molar refractivity (Wildman–Crippen MR) is 121 cm³/mol. The van der Waals surface area contributed by atoms with Crippen molar-refractivity contribution >= 4 is 23.1 Å². The van der Waals surface area contributed by atoms with Crippen LogP contribution in [-0.2, 0) is 4.79 Å². The van der Waals surface area contributed by atoms with Gasteiger partial charge in [-0.25, -0.2) is 19.5 Å². The lowest BCUT2D eigenvalue weighted by Crippen LogP contribution is -2.39. The SMILES string of the molecule is NC(=O)CN1CCC(c2ccc(Nc3ncc4ccc(-c5ncccn5)n4n3)cc2)CC1. The number of primary amides is 1. The van der Waals surface area contributed by atoms with Gasteiger partial charge in [0.1, 0.15) is 5.69 Å². The van der Waals surface area contributed by atoms with Crippen molar-refractivity contribution in [1.82, 2.24) is 29.5 Å². The maximum atomic E-state index is 11.1. The minimum Gasteiger partial charge on any atom is -0.369 e. The van der Waals surface area contributed by atoms with Crippen LogP contribution in [0.5, 0.6) is 0 Å². The molecule has 4 heterocycles. The van der Waals surface area contributed by atoms with E-state index in [4.69, 9.17) is 5.73 Å². The quantitative estimate of drug-likeness (QED) is 0.485. The Kier molecular flexibility index (Phi) is 5.47. The topological polar surface area (TPSA) is 114 Å². The average molecular weight is 429 g/mol. The van der Waals surface area contributed by atoms with Crippen LogP contribution in [0, 0.1) is 0 Å². The highest BCUT2D eigenvalue weighted by Gasteiger charge is 2.21. The number of fused-ring (bicyclic) bond motifs is 1. The number of nitrogens with one attached hydrogen (secondary N) is 1. The van der Waals surface area contributed by atoms with E-state index in [1.807, 2.05) is 12.1 Å². The molecular weight excluding hydrogens is 404 g/mol. The number of carbonyl (C=O) groups excluding carboxylic acids is 1. The van der Waals surface area contributed by atoms with Crippen LogP contribution >= 0.6 is 0 Å². The lowest BCUT2D eigenvalue weighted by Gasteiger charge is -2.31. The third-order valence-corrected chi connectivity index (χ3v) is 5.80. The highest BCUT2D eigenvalue weighted by Crippen LogP contribution is 2.29. The molecule has 0 saturated carbocycles. The third-order valence-electron chi connectivity index (χ3n) is 5.80. The molecule has 3 aromatic heterocycles. The summed E-state index contributed by atoms with van der Waals surface area (Å²) in [5, 5.41) is 7.90. The van der Waals surface area contributed by atoms with Gasteiger partial charge in [-0.15, -0.1) is 5.10 Å². The number of rotatable bonds is 6. The summed E-state index contributed by atoms with van der Waals surface area (Å²) < 4.78 is 1.79. The second-order valence-corrected chi connectivity index (χ2v) is 7.97. The molecular formula is C23H24N8O. The highest BCUT2D eigenvalue weighted by atomic mass is 16.1. The monoisotopic (exact) mass is 428 g/mol. The van der Waals surface area contributed by atoms with Gasteiger partial charge in [0.2, 0.25) is 11.9 Å². The van der Waals surface area contributed by atoms with Crippen LogP contribution in [-0.4, -0.2) is 55.0 Å². The van der Waals surface area contributed by atoms with Crippen molar-refractivity contribution in [3.8, 4) is 11.5 Å². The summed E-state index contributed by atoms with van der Waals surface area (Å²) >= 11 is 0. The predicted octanol–water partition coefficient (Wildman–Crippen LogP) is 2.59. The number of benzene rings is 1. The molecule has 4 aromatic rings. The van der Waals surface area contributed by atoms with Gasteiger partial charge in [-0.05, 0) is 67.7 Å². The highest BCUT2D eigenvalue weighted by molar-refractivity contribution is 5.75. The molecule has 0 spiro atoms. The van der Waals surface area contributed by atoms with E-state index in [1.54, 1.807) is 29.2 Å². The van der Waals surface area contributed by atoms with Crippen LogP contribution in [0.15, 0.2) is 61.1 Å². The molecule has 0 radical (unpaired) electrons. The second kappa shape index (κ2) is 8.72. The lowest BCUT2D eigenvalue weighted by molar-refractivity contribution is -0.119. The Morgan fingerprint density at radius 3 is 2.50 bits per heavy atom. The molecule has 0 bridgehead atoms. The summed E-state index contributed by atoms with van der Waals surface area (Å²) in [5.41, 5.74) is 9.21. The molecule has 1 aromatic carbocycles. The molecule has 9 heteroatoms. The molecule has 32 heavy (non-hydrogen) atoms. The first-order chi connectivity index (χ1) is 15.7. The molecule has 0 unspecified atom stereocenters. The van der Waals surface area contributed by atoms with Gasteiger partial charge in [0.15, 0.2) is 5.82 Å². The number of amides is 1. The molecule has 0 atom stereocenters. The van der Waals surface area contributed by atoms with Gasteiger partial charge in [0, 0.05) is 18.1 Å². The van der Waals surface area contributed by atoms with Crippen molar-refractivity contribution in [2.24, 2.45) is 5.73 Å². The fourth-order valence-corrected chi connectivity index (χ4v) is 4.17. The van der Waals surface area contributed by atoms with Gasteiger partial charge in [-0.2, -0.15) is 0 Å². The molecule has 1 aliphatic rings. The fraction of sp³-hybridized carbons (Fsp3) is 0.261. The first kappa shape index (κ1) is 20.1. The van der Waals surface area contributed by atoms with Crippen LogP contribution in [0.3, 0.4) is 0 Å². The van der Waals surface area contributed by atoms with Gasteiger partial charge < -0.3 is 11.1 Å². The maximum absolute atomic E-state index is 11.1. The van der Waals surface area contributed by atoms with Crippen molar-refractivity contribution in [2.45, 2.75) is 18.8 Å². The van der Waals surface area contributed by atoms with Gasteiger partial charge >= 0.3 is 0 Å². The Hall–Kier alpha value is -3.85. The maximum Gasteiger partial charge on any atom is 0.245 e. The van der Waals surface area contributed by atoms with E-state index in [-0.39, 0.29) is 5.91 Å². The van der Waals surface area contributed by atoms with Crippen molar-refractivity contribution in [3.05, 3.63) is 66.6 Å². The van der Waals surface area contributed by atoms with Crippen molar-refractivity contribution in [1.29, 1.82) is 0 Å².